The number of carbonyl (C=O) groups is 2. The summed E-state index contributed by atoms with van der Waals surface area (Å²) >= 11 is 0. The van der Waals surface area contributed by atoms with E-state index in [-0.39, 0.29) is 29.8 Å². The van der Waals surface area contributed by atoms with Crippen molar-refractivity contribution in [3.63, 3.8) is 0 Å². The van der Waals surface area contributed by atoms with Crippen LogP contribution in [0.5, 0.6) is 0 Å². The van der Waals surface area contributed by atoms with Crippen LogP contribution in [0.25, 0.3) is 0 Å². The van der Waals surface area contributed by atoms with Crippen LogP contribution in [-0.2, 0) is 9.59 Å². The normalized spacial score (nSPS) is 29.6. The van der Waals surface area contributed by atoms with Crippen molar-refractivity contribution < 1.29 is 9.59 Å². The summed E-state index contributed by atoms with van der Waals surface area (Å²) < 4.78 is 0. The number of nitrogens with zero attached hydrogens (tertiary/aromatic N) is 1. The van der Waals surface area contributed by atoms with E-state index in [9.17, 15) is 9.59 Å². The summed E-state index contributed by atoms with van der Waals surface area (Å²) in [6.07, 6.45) is 4.71. The molecule has 1 aliphatic carbocycles. The summed E-state index contributed by atoms with van der Waals surface area (Å²) in [5.74, 6) is 0.254. The third kappa shape index (κ3) is 2.77. The van der Waals surface area contributed by atoms with Gasteiger partial charge < -0.3 is 10.2 Å². The molecule has 0 aromatic rings. The van der Waals surface area contributed by atoms with Crippen molar-refractivity contribution >= 4 is 11.8 Å². The van der Waals surface area contributed by atoms with Crippen molar-refractivity contribution in [2.45, 2.75) is 65.5 Å². The molecule has 1 saturated heterocycles. The molecule has 1 saturated carbocycles. The molecule has 2 amide bonds. The number of hydrogen-bond donors (Lipinski definition) is 1. The highest BCUT2D eigenvalue weighted by Gasteiger charge is 2.48. The van der Waals surface area contributed by atoms with Gasteiger partial charge in [0.05, 0.1) is 0 Å². The molecule has 0 aromatic carbocycles. The number of carbonyl (C=O) groups excluding carboxylic acids is 2. The van der Waals surface area contributed by atoms with Crippen LogP contribution in [0.2, 0.25) is 0 Å². The van der Waals surface area contributed by atoms with Crippen molar-refractivity contribution in [2.75, 3.05) is 6.54 Å². The molecule has 108 valence electrons. The van der Waals surface area contributed by atoms with Crippen LogP contribution in [0, 0.1) is 11.3 Å². The number of amides is 2. The van der Waals surface area contributed by atoms with Gasteiger partial charge in [0.15, 0.2) is 0 Å². The molecule has 19 heavy (non-hydrogen) atoms. The Morgan fingerprint density at radius 3 is 2.47 bits per heavy atom. The molecule has 0 aromatic heterocycles. The lowest BCUT2D eigenvalue weighted by Gasteiger charge is -2.41. The third-order valence-corrected chi connectivity index (χ3v) is 4.49. The maximum atomic E-state index is 12.4. The van der Waals surface area contributed by atoms with Crippen molar-refractivity contribution in [1.82, 2.24) is 10.2 Å². The van der Waals surface area contributed by atoms with Crippen LogP contribution in [0.3, 0.4) is 0 Å². The van der Waals surface area contributed by atoms with Crippen LogP contribution in [-0.4, -0.2) is 35.3 Å². The largest absolute Gasteiger partial charge is 0.343 e. The summed E-state index contributed by atoms with van der Waals surface area (Å²) in [4.78, 5) is 26.4. The first-order chi connectivity index (χ1) is 8.90. The molecular weight excluding hydrogens is 240 g/mol. The van der Waals surface area contributed by atoms with Gasteiger partial charge in [0, 0.05) is 6.54 Å². The molecule has 0 radical (unpaired) electrons. The van der Waals surface area contributed by atoms with Gasteiger partial charge in [-0.25, -0.2) is 0 Å². The van der Waals surface area contributed by atoms with Gasteiger partial charge in [-0.2, -0.15) is 0 Å². The Morgan fingerprint density at radius 1 is 1.37 bits per heavy atom. The summed E-state index contributed by atoms with van der Waals surface area (Å²) in [5.41, 5.74) is 0.300. The lowest BCUT2D eigenvalue weighted by molar-refractivity contribution is -0.151. The number of piperazine rings is 1. The quantitative estimate of drug-likeness (QED) is 0.826. The van der Waals surface area contributed by atoms with E-state index in [0.29, 0.717) is 5.41 Å². The Labute approximate surface area is 115 Å². The molecule has 2 rings (SSSR count). The highest BCUT2D eigenvalue weighted by Crippen LogP contribution is 2.50. The van der Waals surface area contributed by atoms with Crippen LogP contribution in [0.15, 0.2) is 0 Å². The highest BCUT2D eigenvalue weighted by atomic mass is 16.2. The number of nitrogens with one attached hydrogen (secondary N) is 1. The minimum Gasteiger partial charge on any atom is -0.343 e. The van der Waals surface area contributed by atoms with E-state index in [1.807, 2.05) is 18.7 Å². The number of rotatable bonds is 5. The molecule has 1 N–H and O–H groups in total. The maximum Gasteiger partial charge on any atom is 0.245 e. The van der Waals surface area contributed by atoms with E-state index < -0.39 is 0 Å². The minimum absolute atomic E-state index is 0.00870. The summed E-state index contributed by atoms with van der Waals surface area (Å²) in [5, 5.41) is 2.80. The lowest BCUT2D eigenvalue weighted by atomic mass is 9.93. The van der Waals surface area contributed by atoms with Gasteiger partial charge in [0.25, 0.3) is 0 Å². The second-order valence-corrected chi connectivity index (χ2v) is 6.64. The fourth-order valence-electron chi connectivity index (χ4n) is 3.28. The molecule has 2 fully saturated rings. The number of hydrogen-bond acceptors (Lipinski definition) is 2. The topological polar surface area (TPSA) is 49.4 Å². The third-order valence-electron chi connectivity index (χ3n) is 4.49. The summed E-state index contributed by atoms with van der Waals surface area (Å²) in [6.45, 7) is 8.76. The molecule has 2 aliphatic rings. The standard InChI is InChI=1S/C15H26N2O2/c1-5-6-15(7-8-15)9-17-12(10(2)3)13(18)16-11(4)14(17)19/h10-12H,5-9H2,1-4H3,(H,16,18). The SMILES string of the molecule is CCCC1(CN2C(=O)C(C)NC(=O)C2C(C)C)CC1. The predicted octanol–water partition coefficient (Wildman–Crippen LogP) is 1.94. The second-order valence-electron chi connectivity index (χ2n) is 6.64. The zero-order valence-electron chi connectivity index (χ0n) is 12.5. The molecule has 4 nitrogen and oxygen atoms in total. The van der Waals surface area contributed by atoms with Crippen LogP contribution < -0.4 is 5.32 Å². The monoisotopic (exact) mass is 266 g/mol. The van der Waals surface area contributed by atoms with E-state index in [4.69, 9.17) is 0 Å². The van der Waals surface area contributed by atoms with Gasteiger partial charge in [-0.15, -0.1) is 0 Å². The van der Waals surface area contributed by atoms with Crippen molar-refractivity contribution in [2.24, 2.45) is 11.3 Å². The first-order valence-electron chi connectivity index (χ1n) is 7.51. The summed E-state index contributed by atoms with van der Waals surface area (Å²) in [7, 11) is 0. The Bertz CT molecular complexity index is 374. The van der Waals surface area contributed by atoms with E-state index in [0.717, 1.165) is 19.4 Å². The van der Waals surface area contributed by atoms with E-state index in [1.165, 1.54) is 12.8 Å². The Morgan fingerprint density at radius 2 is 2.00 bits per heavy atom. The lowest BCUT2D eigenvalue weighted by Crippen LogP contribution is -2.64. The fourth-order valence-corrected chi connectivity index (χ4v) is 3.28. The maximum absolute atomic E-state index is 12.4. The molecule has 1 heterocycles. The molecule has 2 atom stereocenters. The Kier molecular flexibility index (Phi) is 3.88. The van der Waals surface area contributed by atoms with E-state index in [1.54, 1.807) is 6.92 Å². The van der Waals surface area contributed by atoms with Crippen LogP contribution in [0.1, 0.15) is 53.4 Å². The first-order valence-corrected chi connectivity index (χ1v) is 7.51. The van der Waals surface area contributed by atoms with Gasteiger partial charge in [0.1, 0.15) is 12.1 Å². The van der Waals surface area contributed by atoms with Gasteiger partial charge >= 0.3 is 0 Å². The van der Waals surface area contributed by atoms with Crippen LogP contribution in [0.4, 0.5) is 0 Å². The van der Waals surface area contributed by atoms with Gasteiger partial charge in [-0.1, -0.05) is 27.2 Å². The second kappa shape index (κ2) is 5.14. The Hall–Kier alpha value is -1.06. The van der Waals surface area contributed by atoms with Crippen LogP contribution >= 0.6 is 0 Å². The Balaban J connectivity index is 2.17. The van der Waals surface area contributed by atoms with Crippen molar-refractivity contribution in [3.8, 4) is 0 Å². The van der Waals surface area contributed by atoms with Crippen molar-refractivity contribution in [3.05, 3.63) is 0 Å². The fraction of sp³-hybridized carbons (Fsp3) is 0.867. The highest BCUT2D eigenvalue weighted by molar-refractivity contribution is 5.96. The smallest absolute Gasteiger partial charge is 0.245 e. The van der Waals surface area contributed by atoms with Gasteiger partial charge in [0.2, 0.25) is 11.8 Å². The molecule has 0 spiro atoms. The van der Waals surface area contributed by atoms with Crippen molar-refractivity contribution in [1.29, 1.82) is 0 Å². The molecular formula is C15H26N2O2. The predicted molar refractivity (Wildman–Crippen MR) is 74.5 cm³/mol. The first kappa shape index (κ1) is 14.4. The molecule has 4 heteroatoms. The molecule has 1 aliphatic heterocycles. The molecule has 0 bridgehead atoms. The molecule has 2 unspecified atom stereocenters. The zero-order valence-corrected chi connectivity index (χ0v) is 12.5. The minimum atomic E-state index is -0.375. The van der Waals surface area contributed by atoms with Gasteiger partial charge in [-0.3, -0.25) is 9.59 Å². The average molecular weight is 266 g/mol. The van der Waals surface area contributed by atoms with E-state index >= 15 is 0 Å². The average Bonchev–Trinajstić information content (AvgIpc) is 3.05. The van der Waals surface area contributed by atoms with Gasteiger partial charge in [-0.05, 0) is 37.5 Å². The summed E-state index contributed by atoms with van der Waals surface area (Å²) in [6, 6.07) is -0.669. The van der Waals surface area contributed by atoms with E-state index in [2.05, 4.69) is 12.2 Å². The zero-order chi connectivity index (χ0) is 14.2.